The lowest BCUT2D eigenvalue weighted by Gasteiger charge is -2.49. The van der Waals surface area contributed by atoms with Crippen molar-refractivity contribution in [3.8, 4) is 17.2 Å². The molecule has 0 saturated carbocycles. The number of hydrogen-bond acceptors (Lipinski definition) is 22. The van der Waals surface area contributed by atoms with Crippen LogP contribution >= 0.6 is 62.1 Å². The van der Waals surface area contributed by atoms with Crippen LogP contribution in [0.4, 0.5) is 14.7 Å². The number of rotatable bonds is 20. The molecule has 470 valence electrons. The van der Waals surface area contributed by atoms with Gasteiger partial charge in [0, 0.05) is 33.0 Å². The fourth-order valence-electron chi connectivity index (χ4n) is 9.32. The lowest BCUT2D eigenvalue weighted by atomic mass is 9.77. The molecule has 0 aliphatic carbocycles. The maximum absolute atomic E-state index is 14.8. The van der Waals surface area contributed by atoms with Crippen molar-refractivity contribution in [3.63, 3.8) is 0 Å². The summed E-state index contributed by atoms with van der Waals surface area (Å²) < 4.78 is 39.4. The van der Waals surface area contributed by atoms with Crippen molar-refractivity contribution in [1.29, 1.82) is 0 Å². The molecule has 2 aliphatic rings. The molecule has 1 saturated heterocycles. The van der Waals surface area contributed by atoms with Gasteiger partial charge in [-0.25, -0.2) is 24.2 Å². The third-order valence-corrected chi connectivity index (χ3v) is 19.0. The molecule has 9 rings (SSSR count). The van der Waals surface area contributed by atoms with Crippen LogP contribution in [0.1, 0.15) is 90.3 Å². The summed E-state index contributed by atoms with van der Waals surface area (Å²) in [6, 6.07) is 37.9. The lowest BCUT2D eigenvalue weighted by Crippen LogP contribution is -2.71. The Morgan fingerprint density at radius 1 is 0.744 bits per heavy atom. The number of carbonyl (C=O) groups is 6. The first-order valence-electron chi connectivity index (χ1n) is 28.0. The molecule has 2 aliphatic heterocycles. The number of anilines is 1. The van der Waals surface area contributed by atoms with E-state index in [0.29, 0.717) is 30.9 Å². The number of carbonyl (C=O) groups excluding carboxylic acids is 6. The number of nitrogens with one attached hydrogen (secondary N) is 2. The monoisotopic (exact) mass is 1360 g/mol. The second-order valence-corrected chi connectivity index (χ2v) is 28.3. The van der Waals surface area contributed by atoms with Gasteiger partial charge >= 0.3 is 24.2 Å². The highest BCUT2D eigenvalue weighted by Gasteiger charge is 2.55. The highest BCUT2D eigenvalue weighted by molar-refractivity contribution is 9.10. The van der Waals surface area contributed by atoms with Crippen LogP contribution in [0.15, 0.2) is 163 Å². The van der Waals surface area contributed by atoms with Crippen LogP contribution in [-0.2, 0) is 55.1 Å². The number of thioether (sulfide) groups is 2. The average molecular weight is 1360 g/mol. The molecule has 2 aromatic heterocycles. The summed E-state index contributed by atoms with van der Waals surface area (Å²) in [5.41, 5.74) is -0.803. The van der Waals surface area contributed by atoms with Crippen LogP contribution < -0.4 is 30.3 Å². The zero-order valence-electron chi connectivity index (χ0n) is 50.7. The van der Waals surface area contributed by atoms with Gasteiger partial charge in [0.2, 0.25) is 12.0 Å². The molecule has 2 atom stereocenters. The Morgan fingerprint density at radius 2 is 1.30 bits per heavy atom. The number of ether oxygens (including phenoxy) is 7. The first kappa shape index (κ1) is 66.2. The van der Waals surface area contributed by atoms with Gasteiger partial charge < -0.3 is 48.6 Å². The third-order valence-electron chi connectivity index (χ3n) is 13.1. The molecular formula is C65H64BrN5O15S4. The summed E-state index contributed by atoms with van der Waals surface area (Å²) >= 11 is 8.28. The van der Waals surface area contributed by atoms with E-state index < -0.39 is 81.9 Å². The lowest BCUT2D eigenvalue weighted by molar-refractivity contribution is -0.160. The van der Waals surface area contributed by atoms with Crippen molar-refractivity contribution < 1.29 is 66.8 Å². The van der Waals surface area contributed by atoms with Crippen molar-refractivity contribution in [1.82, 2.24) is 15.2 Å². The summed E-state index contributed by atoms with van der Waals surface area (Å²) in [6.07, 6.45) is -2.21. The van der Waals surface area contributed by atoms with E-state index in [1.165, 1.54) is 59.0 Å². The van der Waals surface area contributed by atoms with Crippen molar-refractivity contribution >= 4 is 119 Å². The Hall–Kier alpha value is -8.23. The van der Waals surface area contributed by atoms with E-state index in [2.05, 4.69) is 31.7 Å². The Morgan fingerprint density at radius 3 is 1.84 bits per heavy atom. The molecule has 2 amide bonds. The number of thiazole rings is 1. The SMILES string of the molecule is COc1ccc(COC(=O)C2=C(CSc3sc4cc(OC(=O)OC(C)(C)C)c(OC(=O)OC(C)(C)C)cc4c(=O)c3Br)CS[C@@H]3C(NC(=O)/C(=N\OCC(=O)OC(C)(C)C)c4csc(NC(c5ccccc5)(c5ccccc5)c5ccccc5)n4)C(=O)N23)cc1. The van der Waals surface area contributed by atoms with Gasteiger partial charge in [-0.1, -0.05) is 108 Å². The largest absolute Gasteiger partial charge is 0.514 e. The van der Waals surface area contributed by atoms with Crippen LogP contribution in [0.5, 0.6) is 17.2 Å². The number of hydrogen-bond donors (Lipinski definition) is 2. The summed E-state index contributed by atoms with van der Waals surface area (Å²) in [4.78, 5) is 109. The Labute approximate surface area is 544 Å². The van der Waals surface area contributed by atoms with Crippen LogP contribution in [0.2, 0.25) is 0 Å². The average Bonchev–Trinajstić information content (AvgIpc) is 0.802. The van der Waals surface area contributed by atoms with Crippen LogP contribution in [0.3, 0.4) is 0 Å². The number of methoxy groups -OCH3 is 1. The van der Waals surface area contributed by atoms with Crippen molar-refractivity contribution in [2.24, 2.45) is 5.16 Å². The van der Waals surface area contributed by atoms with Crippen molar-refractivity contribution in [3.05, 3.63) is 187 Å². The third kappa shape index (κ3) is 16.0. The van der Waals surface area contributed by atoms with E-state index in [1.54, 1.807) is 92.0 Å². The molecule has 4 heterocycles. The predicted octanol–water partition coefficient (Wildman–Crippen LogP) is 12.8. The molecule has 0 bridgehead atoms. The summed E-state index contributed by atoms with van der Waals surface area (Å²) in [7, 11) is 1.53. The van der Waals surface area contributed by atoms with Crippen molar-refractivity contribution in [2.45, 2.75) is 107 Å². The molecule has 0 radical (unpaired) electrons. The maximum Gasteiger partial charge on any atom is 0.514 e. The van der Waals surface area contributed by atoms with E-state index >= 15 is 0 Å². The Balaban J connectivity index is 1.02. The Kier molecular flexibility index (Phi) is 20.5. The first-order chi connectivity index (χ1) is 42.7. The fourth-order valence-corrected chi connectivity index (χ4v) is 14.6. The summed E-state index contributed by atoms with van der Waals surface area (Å²) in [5.74, 6) is -2.80. The van der Waals surface area contributed by atoms with Gasteiger partial charge in [0.05, 0.1) is 15.8 Å². The number of β-lactam (4-membered cyclic amide) rings is 1. The molecule has 90 heavy (non-hydrogen) atoms. The van der Waals surface area contributed by atoms with E-state index in [1.807, 2.05) is 91.0 Å². The molecule has 1 unspecified atom stereocenters. The molecule has 5 aromatic carbocycles. The molecule has 0 spiro atoms. The molecule has 20 nitrogen and oxygen atoms in total. The van der Waals surface area contributed by atoms with Gasteiger partial charge in [0.1, 0.15) is 57.5 Å². The number of fused-ring (bicyclic) bond motifs is 2. The maximum atomic E-state index is 14.8. The van der Waals surface area contributed by atoms with Gasteiger partial charge in [-0.15, -0.1) is 46.2 Å². The van der Waals surface area contributed by atoms with E-state index in [9.17, 15) is 33.6 Å². The molecule has 1 fully saturated rings. The fraction of sp³-hybridized carbons (Fsp3) is 0.308. The second-order valence-electron chi connectivity index (χ2n) is 23.3. The molecule has 2 N–H and O–H groups in total. The minimum absolute atomic E-state index is 0.0534. The van der Waals surface area contributed by atoms with Crippen molar-refractivity contribution in [2.75, 3.05) is 30.5 Å². The first-order valence-corrected chi connectivity index (χ1v) is 32.6. The van der Waals surface area contributed by atoms with E-state index in [4.69, 9.17) is 43.0 Å². The predicted molar refractivity (Wildman–Crippen MR) is 348 cm³/mol. The smallest absolute Gasteiger partial charge is 0.497 e. The zero-order valence-corrected chi connectivity index (χ0v) is 55.5. The zero-order chi connectivity index (χ0) is 64.7. The molecular weight excluding hydrogens is 1300 g/mol. The number of amides is 2. The quantitative estimate of drug-likeness (QED) is 0.0105. The van der Waals surface area contributed by atoms with Gasteiger partial charge in [-0.2, -0.15) is 0 Å². The number of benzene rings is 5. The van der Waals surface area contributed by atoms with Gasteiger partial charge in [0.15, 0.2) is 22.3 Å². The minimum atomic E-state index is -1.21. The number of aromatic nitrogens is 1. The normalized spacial score (nSPS) is 15.2. The highest BCUT2D eigenvalue weighted by atomic mass is 79.9. The number of esters is 2. The van der Waals surface area contributed by atoms with Gasteiger partial charge in [0.25, 0.3) is 11.8 Å². The van der Waals surface area contributed by atoms with Gasteiger partial charge in [-0.3, -0.25) is 19.3 Å². The van der Waals surface area contributed by atoms with E-state index in [-0.39, 0.29) is 56.6 Å². The van der Waals surface area contributed by atoms with Crippen LogP contribution in [0.25, 0.3) is 10.1 Å². The number of nitrogens with zero attached hydrogens (tertiary/aromatic N) is 3. The summed E-state index contributed by atoms with van der Waals surface area (Å²) in [5, 5.41) is 12.0. The topological polar surface area (TPSA) is 246 Å². The van der Waals surface area contributed by atoms with Gasteiger partial charge in [-0.05, 0) is 124 Å². The minimum Gasteiger partial charge on any atom is -0.497 e. The number of halogens is 1. The van der Waals surface area contributed by atoms with Crippen LogP contribution in [-0.4, -0.2) is 105 Å². The van der Waals surface area contributed by atoms with Crippen LogP contribution in [0, 0.1) is 0 Å². The molecule has 25 heteroatoms. The summed E-state index contributed by atoms with van der Waals surface area (Å²) in [6.45, 7) is 14.1. The highest BCUT2D eigenvalue weighted by Crippen LogP contribution is 2.46. The standard InChI is InChI=1S/C65H64BrN5O15S4/c1-62(2,3)84-48(72)33-81-70-50(44-36-89-59(67-44)69-65(39-20-14-11-15-21-39,40-22-16-12-17-23-40)41-24-18-13-19-25-41)54(74)68-51-55(75)71-52(57(76)80-32-37-26-28-42(79-10)29-27-37)38(34-87-56(51)71)35-88-58-49(66)53(73)43-30-45(82-60(77)85-63(4,5)6)46(31-47(43)90-58)83-61(78)86-64(7,8)9/h11-31,36,51,56H,32-35H2,1-10H3,(H,67,69)(H,68,74)/b70-50-/t51?,56-/m1/s1. The molecule has 7 aromatic rings. The van der Waals surface area contributed by atoms with E-state index in [0.717, 1.165) is 28.0 Å². The second kappa shape index (κ2) is 27.9. The number of oxime groups is 1. The Bertz CT molecular complexity index is 3860.